The van der Waals surface area contributed by atoms with Gasteiger partial charge in [-0.2, -0.15) is 0 Å². The first kappa shape index (κ1) is 17.1. The van der Waals surface area contributed by atoms with Crippen molar-refractivity contribution in [1.82, 2.24) is 9.80 Å². The molecular weight excluding hydrogens is 280 g/mol. The Kier molecular flexibility index (Phi) is 5.35. The second-order valence-corrected chi connectivity index (χ2v) is 7.48. The summed E-state index contributed by atoms with van der Waals surface area (Å²) in [5.74, 6) is 0.642. The van der Waals surface area contributed by atoms with E-state index in [0.29, 0.717) is 24.9 Å². The van der Waals surface area contributed by atoms with E-state index in [9.17, 15) is 9.59 Å². The van der Waals surface area contributed by atoms with Gasteiger partial charge in [0.1, 0.15) is 5.60 Å². The lowest BCUT2D eigenvalue weighted by Gasteiger charge is -2.39. The molecule has 0 aromatic rings. The molecule has 0 spiro atoms. The van der Waals surface area contributed by atoms with Gasteiger partial charge in [-0.3, -0.25) is 4.79 Å². The largest absolute Gasteiger partial charge is 0.444 e. The molecule has 0 N–H and O–H groups in total. The highest BCUT2D eigenvalue weighted by Gasteiger charge is 2.38. The molecule has 0 bridgehead atoms. The van der Waals surface area contributed by atoms with Crippen LogP contribution in [0.25, 0.3) is 0 Å². The van der Waals surface area contributed by atoms with Crippen LogP contribution in [-0.4, -0.2) is 53.1 Å². The summed E-state index contributed by atoms with van der Waals surface area (Å²) in [6.07, 6.45) is 4.67. The Morgan fingerprint density at radius 1 is 1.14 bits per heavy atom. The number of hydrogen-bond donors (Lipinski definition) is 0. The predicted octanol–water partition coefficient (Wildman–Crippen LogP) is 3.03. The SMILES string of the molecule is CCC(=O)N1CCCC[C@H]1[C@@H]1CCN(C(=O)OC(C)(C)C)C1. The Labute approximate surface area is 134 Å². The van der Waals surface area contributed by atoms with E-state index < -0.39 is 5.60 Å². The molecule has 0 unspecified atom stereocenters. The van der Waals surface area contributed by atoms with Crippen LogP contribution in [0.5, 0.6) is 0 Å². The highest BCUT2D eigenvalue weighted by molar-refractivity contribution is 5.76. The van der Waals surface area contributed by atoms with E-state index >= 15 is 0 Å². The maximum Gasteiger partial charge on any atom is 0.410 e. The van der Waals surface area contributed by atoms with Crippen LogP contribution in [0.4, 0.5) is 4.79 Å². The molecular formula is C17H30N2O3. The summed E-state index contributed by atoms with van der Waals surface area (Å²) in [5, 5.41) is 0. The van der Waals surface area contributed by atoms with Crippen LogP contribution in [0.1, 0.15) is 59.8 Å². The van der Waals surface area contributed by atoms with Crippen LogP contribution in [0.15, 0.2) is 0 Å². The lowest BCUT2D eigenvalue weighted by Crippen LogP contribution is -2.48. The average Bonchev–Trinajstić information content (AvgIpc) is 2.94. The zero-order chi connectivity index (χ0) is 16.3. The van der Waals surface area contributed by atoms with E-state index in [1.807, 2.05) is 27.7 Å². The Morgan fingerprint density at radius 2 is 1.86 bits per heavy atom. The van der Waals surface area contributed by atoms with E-state index in [0.717, 1.165) is 32.4 Å². The second kappa shape index (κ2) is 6.88. The van der Waals surface area contributed by atoms with Crippen molar-refractivity contribution in [3.8, 4) is 0 Å². The van der Waals surface area contributed by atoms with Crippen LogP contribution in [0.3, 0.4) is 0 Å². The van der Waals surface area contributed by atoms with E-state index in [4.69, 9.17) is 4.74 Å². The summed E-state index contributed by atoms with van der Waals surface area (Å²) in [5.41, 5.74) is -0.454. The molecule has 0 aromatic carbocycles. The first-order chi connectivity index (χ1) is 10.3. The van der Waals surface area contributed by atoms with Crippen molar-refractivity contribution < 1.29 is 14.3 Å². The molecule has 2 fully saturated rings. The molecule has 0 aromatic heterocycles. The molecule has 0 saturated carbocycles. The molecule has 2 aliphatic heterocycles. The molecule has 0 aliphatic carbocycles. The summed E-state index contributed by atoms with van der Waals surface area (Å²) < 4.78 is 5.46. The van der Waals surface area contributed by atoms with Crippen molar-refractivity contribution in [3.05, 3.63) is 0 Å². The van der Waals surface area contributed by atoms with E-state index in [1.165, 1.54) is 6.42 Å². The van der Waals surface area contributed by atoms with Gasteiger partial charge in [0.25, 0.3) is 0 Å². The van der Waals surface area contributed by atoms with Crippen molar-refractivity contribution in [2.75, 3.05) is 19.6 Å². The van der Waals surface area contributed by atoms with Crippen LogP contribution in [0.2, 0.25) is 0 Å². The minimum absolute atomic E-state index is 0.223. The Bertz CT molecular complexity index is 417. The molecule has 22 heavy (non-hydrogen) atoms. The first-order valence-electron chi connectivity index (χ1n) is 8.59. The molecule has 2 heterocycles. The summed E-state index contributed by atoms with van der Waals surface area (Å²) in [6.45, 7) is 9.93. The Morgan fingerprint density at radius 3 is 2.50 bits per heavy atom. The lowest BCUT2D eigenvalue weighted by atomic mass is 9.89. The molecule has 5 heteroatoms. The fraction of sp³-hybridized carbons (Fsp3) is 0.882. The topological polar surface area (TPSA) is 49.9 Å². The number of amides is 2. The number of likely N-dealkylation sites (tertiary alicyclic amines) is 2. The van der Waals surface area contributed by atoms with Gasteiger partial charge in [-0.1, -0.05) is 6.92 Å². The minimum atomic E-state index is -0.454. The Balaban J connectivity index is 1.96. The summed E-state index contributed by atoms with van der Waals surface area (Å²) in [6, 6.07) is 0.300. The third-order valence-electron chi connectivity index (χ3n) is 4.59. The van der Waals surface area contributed by atoms with Gasteiger partial charge in [0, 0.05) is 32.1 Å². The van der Waals surface area contributed by atoms with Crippen LogP contribution in [-0.2, 0) is 9.53 Å². The monoisotopic (exact) mass is 310 g/mol. The number of carbonyl (C=O) groups excluding carboxylic acids is 2. The smallest absolute Gasteiger partial charge is 0.410 e. The van der Waals surface area contributed by atoms with Gasteiger partial charge in [0.15, 0.2) is 0 Å². The molecule has 2 rings (SSSR count). The molecule has 5 nitrogen and oxygen atoms in total. The van der Waals surface area contributed by atoms with Crippen molar-refractivity contribution in [2.45, 2.75) is 71.4 Å². The maximum atomic E-state index is 12.2. The van der Waals surface area contributed by atoms with Crippen LogP contribution < -0.4 is 0 Å². The summed E-state index contributed by atoms with van der Waals surface area (Å²) >= 11 is 0. The number of rotatable bonds is 2. The van der Waals surface area contributed by atoms with E-state index in [-0.39, 0.29) is 12.0 Å². The van der Waals surface area contributed by atoms with Gasteiger partial charge in [-0.05, 0) is 52.4 Å². The number of piperidine rings is 1. The van der Waals surface area contributed by atoms with Crippen molar-refractivity contribution in [1.29, 1.82) is 0 Å². The molecule has 2 amide bonds. The van der Waals surface area contributed by atoms with Gasteiger partial charge in [0.05, 0.1) is 0 Å². The number of hydrogen-bond acceptors (Lipinski definition) is 3. The molecule has 2 saturated heterocycles. The molecule has 2 atom stereocenters. The minimum Gasteiger partial charge on any atom is -0.444 e. The molecule has 126 valence electrons. The van der Waals surface area contributed by atoms with Gasteiger partial charge in [0.2, 0.25) is 5.91 Å². The standard InChI is InChI=1S/C17H30N2O3/c1-5-15(20)19-10-7-6-8-14(19)13-9-11-18(12-13)16(21)22-17(2,3)4/h13-14H,5-12H2,1-4H3/t13-,14+/m1/s1. The Hall–Kier alpha value is -1.26. The summed E-state index contributed by atoms with van der Waals surface area (Å²) in [7, 11) is 0. The van der Waals surface area contributed by atoms with Gasteiger partial charge < -0.3 is 14.5 Å². The zero-order valence-corrected chi connectivity index (χ0v) is 14.4. The number of ether oxygens (including phenoxy) is 1. The quantitative estimate of drug-likeness (QED) is 0.787. The molecule has 2 aliphatic rings. The zero-order valence-electron chi connectivity index (χ0n) is 14.4. The van der Waals surface area contributed by atoms with Crippen molar-refractivity contribution in [3.63, 3.8) is 0 Å². The van der Waals surface area contributed by atoms with Crippen molar-refractivity contribution >= 4 is 12.0 Å². The lowest BCUT2D eigenvalue weighted by molar-refractivity contribution is -0.135. The predicted molar refractivity (Wildman–Crippen MR) is 85.6 cm³/mol. The first-order valence-corrected chi connectivity index (χ1v) is 8.59. The highest BCUT2D eigenvalue weighted by Crippen LogP contribution is 2.31. The van der Waals surface area contributed by atoms with Crippen molar-refractivity contribution in [2.24, 2.45) is 5.92 Å². The van der Waals surface area contributed by atoms with E-state index in [2.05, 4.69) is 4.90 Å². The average molecular weight is 310 g/mol. The maximum absolute atomic E-state index is 12.2. The van der Waals surface area contributed by atoms with Gasteiger partial charge >= 0.3 is 6.09 Å². The second-order valence-electron chi connectivity index (χ2n) is 7.48. The number of carbonyl (C=O) groups is 2. The fourth-order valence-electron chi connectivity index (χ4n) is 3.55. The van der Waals surface area contributed by atoms with Crippen LogP contribution in [0, 0.1) is 5.92 Å². The normalized spacial score (nSPS) is 26.2. The fourth-order valence-corrected chi connectivity index (χ4v) is 3.55. The third kappa shape index (κ3) is 4.14. The van der Waals surface area contributed by atoms with Crippen LogP contribution >= 0.6 is 0 Å². The van der Waals surface area contributed by atoms with E-state index in [1.54, 1.807) is 4.90 Å². The highest BCUT2D eigenvalue weighted by atomic mass is 16.6. The summed E-state index contributed by atoms with van der Waals surface area (Å²) in [4.78, 5) is 28.2. The molecule has 0 radical (unpaired) electrons. The van der Waals surface area contributed by atoms with Gasteiger partial charge in [-0.15, -0.1) is 0 Å². The third-order valence-corrected chi connectivity index (χ3v) is 4.59. The number of nitrogens with zero attached hydrogens (tertiary/aromatic N) is 2. The van der Waals surface area contributed by atoms with Gasteiger partial charge in [-0.25, -0.2) is 4.79 Å².